The van der Waals surface area contributed by atoms with Gasteiger partial charge in [-0.1, -0.05) is 19.8 Å². The fraction of sp³-hybridized carbons (Fsp3) is 0.667. The van der Waals surface area contributed by atoms with E-state index < -0.39 is 15.6 Å². The van der Waals surface area contributed by atoms with Crippen molar-refractivity contribution < 1.29 is 13.5 Å². The van der Waals surface area contributed by atoms with E-state index in [-0.39, 0.29) is 10.8 Å². The zero-order chi connectivity index (χ0) is 14.1. The third kappa shape index (κ3) is 3.78. The zero-order valence-electron chi connectivity index (χ0n) is 10.7. The highest BCUT2D eigenvalue weighted by atomic mass is 79.9. The summed E-state index contributed by atoms with van der Waals surface area (Å²) in [6, 6.07) is 1.70. The fourth-order valence-electron chi connectivity index (χ4n) is 2.56. The summed E-state index contributed by atoms with van der Waals surface area (Å²) < 4.78 is 27.6. The van der Waals surface area contributed by atoms with Crippen molar-refractivity contribution >= 4 is 37.3 Å². The minimum atomic E-state index is -3.54. The van der Waals surface area contributed by atoms with Gasteiger partial charge in [0.05, 0.1) is 5.60 Å². The van der Waals surface area contributed by atoms with Crippen LogP contribution in [0.4, 0.5) is 0 Å². The predicted molar refractivity (Wildman–Crippen MR) is 79.8 cm³/mol. The third-order valence-corrected chi connectivity index (χ3v) is 7.56. The number of halogens is 1. The summed E-state index contributed by atoms with van der Waals surface area (Å²) in [6.07, 6.45) is 3.36. The van der Waals surface area contributed by atoms with Crippen molar-refractivity contribution in [3.8, 4) is 0 Å². The van der Waals surface area contributed by atoms with Crippen LogP contribution in [-0.2, 0) is 10.0 Å². The van der Waals surface area contributed by atoms with Gasteiger partial charge < -0.3 is 5.11 Å². The Labute approximate surface area is 126 Å². The number of hydrogen-bond donors (Lipinski definition) is 2. The van der Waals surface area contributed by atoms with Gasteiger partial charge in [0.15, 0.2) is 0 Å². The highest BCUT2D eigenvalue weighted by Crippen LogP contribution is 2.32. The first-order valence-corrected chi connectivity index (χ1v) is 9.43. The van der Waals surface area contributed by atoms with Gasteiger partial charge in [-0.15, -0.1) is 11.3 Å². The Bertz CT molecular complexity index is 543. The highest BCUT2D eigenvalue weighted by molar-refractivity contribution is 9.10. The molecule has 1 aliphatic carbocycles. The van der Waals surface area contributed by atoms with Gasteiger partial charge >= 0.3 is 0 Å². The Morgan fingerprint density at radius 3 is 2.95 bits per heavy atom. The second kappa shape index (κ2) is 5.81. The molecular formula is C12H18BrNO3S2. The van der Waals surface area contributed by atoms with Crippen molar-refractivity contribution in [2.24, 2.45) is 5.92 Å². The molecule has 0 spiro atoms. The maximum absolute atomic E-state index is 12.1. The van der Waals surface area contributed by atoms with Gasteiger partial charge in [0.2, 0.25) is 0 Å². The lowest BCUT2D eigenvalue weighted by Gasteiger charge is -2.35. The second-order valence-corrected chi connectivity index (χ2v) is 9.04. The van der Waals surface area contributed by atoms with Crippen LogP contribution in [0.2, 0.25) is 0 Å². The monoisotopic (exact) mass is 367 g/mol. The van der Waals surface area contributed by atoms with E-state index in [1.54, 1.807) is 11.4 Å². The Morgan fingerprint density at radius 2 is 2.37 bits per heavy atom. The van der Waals surface area contributed by atoms with E-state index in [2.05, 4.69) is 27.6 Å². The number of nitrogens with one attached hydrogen (secondary N) is 1. The second-order valence-electron chi connectivity index (χ2n) is 5.31. The van der Waals surface area contributed by atoms with Gasteiger partial charge in [0, 0.05) is 11.0 Å². The molecule has 4 nitrogen and oxygen atoms in total. The van der Waals surface area contributed by atoms with Gasteiger partial charge in [0.25, 0.3) is 10.0 Å². The molecule has 1 aromatic rings. The molecule has 1 heterocycles. The molecule has 0 saturated heterocycles. The van der Waals surface area contributed by atoms with Crippen LogP contribution in [0.1, 0.15) is 32.6 Å². The number of aliphatic hydroxyl groups is 1. The highest BCUT2D eigenvalue weighted by Gasteiger charge is 2.34. The summed E-state index contributed by atoms with van der Waals surface area (Å²) in [5.74, 6) is 0.441. The molecule has 0 aliphatic heterocycles. The summed E-state index contributed by atoms with van der Waals surface area (Å²) in [6.45, 7) is 2.18. The number of hydrogen-bond acceptors (Lipinski definition) is 4. The maximum atomic E-state index is 12.1. The predicted octanol–water partition coefficient (Wildman–Crippen LogP) is 2.73. The van der Waals surface area contributed by atoms with E-state index >= 15 is 0 Å². The Kier molecular flexibility index (Phi) is 4.72. The van der Waals surface area contributed by atoms with Gasteiger partial charge in [0.1, 0.15) is 4.21 Å². The lowest BCUT2D eigenvalue weighted by Crippen LogP contribution is -2.45. The van der Waals surface area contributed by atoms with Crippen LogP contribution < -0.4 is 4.72 Å². The average molecular weight is 368 g/mol. The normalized spacial score (nSPS) is 28.5. The minimum Gasteiger partial charge on any atom is -0.389 e. The van der Waals surface area contributed by atoms with Crippen molar-refractivity contribution in [1.82, 2.24) is 4.72 Å². The molecule has 0 amide bonds. The molecule has 1 aliphatic rings. The van der Waals surface area contributed by atoms with Crippen LogP contribution in [0.3, 0.4) is 0 Å². The summed E-state index contributed by atoms with van der Waals surface area (Å²) in [5, 5.41) is 12.2. The standard InChI is InChI=1S/C12H18BrNO3S2/c1-9-3-2-5-12(15,7-9)8-14-19(16,17)11-10(13)4-6-18-11/h4,6,9,14-15H,2-3,5,7-8H2,1H3. The Morgan fingerprint density at radius 1 is 1.63 bits per heavy atom. The van der Waals surface area contributed by atoms with Crippen molar-refractivity contribution in [1.29, 1.82) is 0 Å². The molecule has 1 fully saturated rings. The lowest BCUT2D eigenvalue weighted by molar-refractivity contribution is -0.00751. The van der Waals surface area contributed by atoms with Crippen LogP contribution in [0.5, 0.6) is 0 Å². The van der Waals surface area contributed by atoms with Crippen LogP contribution in [0, 0.1) is 5.92 Å². The van der Waals surface area contributed by atoms with E-state index in [0.717, 1.165) is 24.2 Å². The molecule has 1 saturated carbocycles. The van der Waals surface area contributed by atoms with E-state index in [9.17, 15) is 13.5 Å². The molecule has 0 bridgehead atoms. The Hall–Kier alpha value is 0.0500. The zero-order valence-corrected chi connectivity index (χ0v) is 13.9. The first kappa shape index (κ1) is 15.4. The maximum Gasteiger partial charge on any atom is 0.251 e. The van der Waals surface area contributed by atoms with Crippen molar-refractivity contribution in [2.75, 3.05) is 6.54 Å². The van der Waals surface area contributed by atoms with Crippen LogP contribution in [0.25, 0.3) is 0 Å². The van der Waals surface area contributed by atoms with Crippen LogP contribution in [-0.4, -0.2) is 25.7 Å². The van der Waals surface area contributed by atoms with Gasteiger partial charge in [-0.2, -0.15) is 0 Å². The smallest absolute Gasteiger partial charge is 0.251 e. The molecule has 0 radical (unpaired) electrons. The van der Waals surface area contributed by atoms with Crippen molar-refractivity contribution in [3.63, 3.8) is 0 Å². The molecule has 2 N–H and O–H groups in total. The molecule has 19 heavy (non-hydrogen) atoms. The molecule has 2 atom stereocenters. The summed E-state index contributed by atoms with van der Waals surface area (Å²) in [4.78, 5) is 0. The van der Waals surface area contributed by atoms with Gasteiger partial charge in [-0.25, -0.2) is 13.1 Å². The Balaban J connectivity index is 2.04. The topological polar surface area (TPSA) is 66.4 Å². The van der Waals surface area contributed by atoms with E-state index in [0.29, 0.717) is 23.2 Å². The fourth-order valence-corrected chi connectivity index (χ4v) is 6.06. The van der Waals surface area contributed by atoms with Crippen molar-refractivity contribution in [2.45, 2.75) is 42.4 Å². The molecule has 2 rings (SSSR count). The molecule has 1 aromatic heterocycles. The average Bonchev–Trinajstić information content (AvgIpc) is 2.74. The molecule has 0 aromatic carbocycles. The first-order chi connectivity index (χ1) is 8.82. The molecule has 108 valence electrons. The number of sulfonamides is 1. The minimum absolute atomic E-state index is 0.0873. The SMILES string of the molecule is CC1CCCC(O)(CNS(=O)(=O)c2sccc2Br)C1. The summed E-state index contributed by atoms with van der Waals surface area (Å²) >= 11 is 4.38. The third-order valence-electron chi connectivity index (χ3n) is 3.49. The molecule has 2 unspecified atom stereocenters. The molecular weight excluding hydrogens is 350 g/mol. The van der Waals surface area contributed by atoms with E-state index in [1.807, 2.05) is 0 Å². The van der Waals surface area contributed by atoms with Gasteiger partial charge in [-0.05, 0) is 46.1 Å². The van der Waals surface area contributed by atoms with Gasteiger partial charge in [-0.3, -0.25) is 0 Å². The van der Waals surface area contributed by atoms with Crippen molar-refractivity contribution in [3.05, 3.63) is 15.9 Å². The summed E-state index contributed by atoms with van der Waals surface area (Å²) in [5.41, 5.74) is -0.908. The quantitative estimate of drug-likeness (QED) is 0.859. The van der Waals surface area contributed by atoms with Crippen LogP contribution in [0.15, 0.2) is 20.1 Å². The largest absolute Gasteiger partial charge is 0.389 e. The van der Waals surface area contributed by atoms with Crippen LogP contribution >= 0.6 is 27.3 Å². The molecule has 7 heteroatoms. The number of thiophene rings is 1. The lowest BCUT2D eigenvalue weighted by atomic mass is 9.79. The van der Waals surface area contributed by atoms with E-state index in [4.69, 9.17) is 0 Å². The first-order valence-electron chi connectivity index (χ1n) is 6.27. The number of rotatable bonds is 4. The van der Waals surface area contributed by atoms with E-state index in [1.165, 1.54) is 0 Å². The summed E-state index contributed by atoms with van der Waals surface area (Å²) in [7, 11) is -3.54.